The average molecular weight is 465 g/mol. The maximum absolute atomic E-state index is 10.8. The van der Waals surface area contributed by atoms with Crippen molar-refractivity contribution in [2.45, 2.75) is 72.1 Å². The van der Waals surface area contributed by atoms with Gasteiger partial charge in [-0.1, -0.05) is 109 Å². The van der Waals surface area contributed by atoms with Crippen molar-refractivity contribution in [3.8, 4) is 11.5 Å². The van der Waals surface area contributed by atoms with Gasteiger partial charge < -0.3 is 13.9 Å². The van der Waals surface area contributed by atoms with Gasteiger partial charge in [-0.15, -0.1) is 0 Å². The van der Waals surface area contributed by atoms with E-state index in [1.54, 1.807) is 0 Å². The molecule has 0 aromatic heterocycles. The van der Waals surface area contributed by atoms with Crippen molar-refractivity contribution < 1.29 is 13.9 Å². The fourth-order valence-corrected chi connectivity index (χ4v) is 4.56. The predicted octanol–water partition coefficient (Wildman–Crippen LogP) is 8.42. The molecular weight excluding hydrogens is 427 g/mol. The van der Waals surface area contributed by atoms with Crippen LogP contribution in [0, 0.1) is 6.92 Å². The Morgan fingerprint density at radius 1 is 0.758 bits per heavy atom. The molecule has 3 aromatic rings. The summed E-state index contributed by atoms with van der Waals surface area (Å²) in [4.78, 5) is 10.8. The fraction of sp³-hybridized carbons (Fsp3) is 0.379. The van der Waals surface area contributed by atoms with Crippen LogP contribution >= 0.6 is 8.60 Å². The Bertz CT molecular complexity index is 1080. The largest absolute Gasteiger partial charge is 0.460 e. The molecule has 2 unspecified atom stereocenters. The highest BCUT2D eigenvalue weighted by atomic mass is 31.2. The van der Waals surface area contributed by atoms with Gasteiger partial charge in [0.1, 0.15) is 11.5 Å². The van der Waals surface area contributed by atoms with Crippen molar-refractivity contribution in [2.75, 3.05) is 0 Å². The fourth-order valence-electron chi connectivity index (χ4n) is 3.86. The summed E-state index contributed by atoms with van der Waals surface area (Å²) in [5.74, 6) is 1.43. The highest BCUT2D eigenvalue weighted by molar-refractivity contribution is 7.41. The Labute approximate surface area is 200 Å². The molecule has 0 aliphatic rings. The first-order valence-corrected chi connectivity index (χ1v) is 12.6. The lowest BCUT2D eigenvalue weighted by Gasteiger charge is -2.27. The maximum atomic E-state index is 10.8. The molecule has 33 heavy (non-hydrogen) atoms. The minimum absolute atomic E-state index is 0.0311. The van der Waals surface area contributed by atoms with Gasteiger partial charge in [-0.2, -0.15) is 0 Å². The van der Waals surface area contributed by atoms with Gasteiger partial charge in [-0.25, -0.2) is 0 Å². The van der Waals surface area contributed by atoms with Gasteiger partial charge in [0.05, 0.1) is 0 Å². The Balaban J connectivity index is 1.88. The van der Waals surface area contributed by atoms with Gasteiger partial charge in [0.15, 0.2) is 0 Å². The van der Waals surface area contributed by atoms with Crippen LogP contribution in [0.15, 0.2) is 66.7 Å². The van der Waals surface area contributed by atoms with E-state index >= 15 is 0 Å². The van der Waals surface area contributed by atoms with E-state index in [0.29, 0.717) is 11.5 Å². The van der Waals surface area contributed by atoms with Crippen LogP contribution in [0.2, 0.25) is 0 Å². The van der Waals surface area contributed by atoms with Crippen LogP contribution in [0.3, 0.4) is 0 Å². The second-order valence-electron chi connectivity index (χ2n) is 10.8. The third-order valence-corrected chi connectivity index (χ3v) is 6.64. The van der Waals surface area contributed by atoms with E-state index < -0.39 is 8.60 Å². The topological polar surface area (TPSA) is 38.7 Å². The van der Waals surface area contributed by atoms with Gasteiger partial charge in [0, 0.05) is 17.0 Å². The molecule has 176 valence electrons. The van der Waals surface area contributed by atoms with E-state index in [1.807, 2.05) is 36.4 Å². The summed E-state index contributed by atoms with van der Waals surface area (Å²) in [5.41, 5.74) is 5.57. The minimum atomic E-state index is -2.15. The molecule has 0 aliphatic carbocycles. The van der Waals surface area contributed by atoms with E-state index in [9.17, 15) is 4.89 Å². The third kappa shape index (κ3) is 6.37. The van der Waals surface area contributed by atoms with E-state index in [2.05, 4.69) is 85.7 Å². The van der Waals surface area contributed by atoms with Crippen LogP contribution in [0.1, 0.15) is 82.2 Å². The Kier molecular flexibility index (Phi) is 7.56. The lowest BCUT2D eigenvalue weighted by Crippen LogP contribution is -2.17. The molecule has 0 bridgehead atoms. The molecule has 0 amide bonds. The van der Waals surface area contributed by atoms with Gasteiger partial charge in [-0.05, 0) is 41.0 Å². The summed E-state index contributed by atoms with van der Waals surface area (Å²) >= 11 is 0. The summed E-state index contributed by atoms with van der Waals surface area (Å²) in [6, 6.07) is 22.6. The quantitative estimate of drug-likeness (QED) is 0.372. The molecule has 0 heterocycles. The van der Waals surface area contributed by atoms with Crippen molar-refractivity contribution in [1.29, 1.82) is 0 Å². The second kappa shape index (κ2) is 9.87. The first kappa shape index (κ1) is 25.3. The standard InChI is InChI=1S/C29H37O3P/c1-20-14-16-26(24(18-20)21(2)22-12-10-9-11-13-22)31-33(30)32-27-17-15-23(28(3,4)5)19-25(27)29(6,7)8/h9-19,21,30H,1-8H3. The van der Waals surface area contributed by atoms with Gasteiger partial charge in [0.2, 0.25) is 0 Å². The van der Waals surface area contributed by atoms with Crippen molar-refractivity contribution in [3.05, 3.63) is 94.5 Å². The van der Waals surface area contributed by atoms with Crippen LogP contribution in [0.25, 0.3) is 0 Å². The van der Waals surface area contributed by atoms with Crippen LogP contribution < -0.4 is 9.05 Å². The van der Waals surface area contributed by atoms with Crippen molar-refractivity contribution in [3.63, 3.8) is 0 Å². The lowest BCUT2D eigenvalue weighted by molar-refractivity contribution is 0.374. The Morgan fingerprint density at radius 2 is 1.36 bits per heavy atom. The molecule has 0 fully saturated rings. The van der Waals surface area contributed by atoms with Crippen LogP contribution in [-0.2, 0) is 10.8 Å². The van der Waals surface area contributed by atoms with E-state index in [1.165, 1.54) is 11.1 Å². The summed E-state index contributed by atoms with van der Waals surface area (Å²) in [5, 5.41) is 0. The van der Waals surface area contributed by atoms with Gasteiger partial charge in [-0.3, -0.25) is 0 Å². The monoisotopic (exact) mass is 464 g/mol. The van der Waals surface area contributed by atoms with Gasteiger partial charge in [0.25, 0.3) is 0 Å². The van der Waals surface area contributed by atoms with Crippen LogP contribution in [-0.4, -0.2) is 4.89 Å². The lowest BCUT2D eigenvalue weighted by atomic mass is 9.80. The zero-order chi connectivity index (χ0) is 24.4. The molecule has 0 aliphatic heterocycles. The highest BCUT2D eigenvalue weighted by Gasteiger charge is 2.26. The SMILES string of the molecule is Cc1ccc(OP(O)Oc2ccc(C(C)(C)C)cc2C(C)(C)C)c(C(C)c2ccccc2)c1. The summed E-state index contributed by atoms with van der Waals surface area (Å²) in [7, 11) is -2.15. The van der Waals surface area contributed by atoms with Crippen molar-refractivity contribution >= 4 is 8.60 Å². The van der Waals surface area contributed by atoms with Crippen LogP contribution in [0.4, 0.5) is 0 Å². The molecule has 4 heteroatoms. The zero-order valence-corrected chi connectivity index (χ0v) is 22.0. The molecule has 2 atom stereocenters. The van der Waals surface area contributed by atoms with E-state index in [-0.39, 0.29) is 16.7 Å². The summed E-state index contributed by atoms with van der Waals surface area (Å²) in [6.45, 7) is 17.3. The predicted molar refractivity (Wildman–Crippen MR) is 139 cm³/mol. The first-order valence-electron chi connectivity index (χ1n) is 11.5. The molecule has 3 rings (SSSR count). The average Bonchev–Trinajstić information content (AvgIpc) is 2.73. The van der Waals surface area contributed by atoms with E-state index in [4.69, 9.17) is 9.05 Å². The first-order chi connectivity index (χ1) is 15.4. The summed E-state index contributed by atoms with van der Waals surface area (Å²) < 4.78 is 12.0. The van der Waals surface area contributed by atoms with Crippen LogP contribution in [0.5, 0.6) is 11.5 Å². The normalized spacial score (nSPS) is 14.0. The highest BCUT2D eigenvalue weighted by Crippen LogP contribution is 2.44. The molecule has 1 N–H and O–H groups in total. The summed E-state index contributed by atoms with van der Waals surface area (Å²) in [6.07, 6.45) is 0. The second-order valence-corrected chi connectivity index (χ2v) is 11.6. The Hall–Kier alpha value is -2.35. The minimum Gasteiger partial charge on any atom is -0.418 e. The molecule has 0 spiro atoms. The molecule has 0 saturated carbocycles. The third-order valence-electron chi connectivity index (χ3n) is 5.94. The van der Waals surface area contributed by atoms with Gasteiger partial charge >= 0.3 is 8.60 Å². The smallest absolute Gasteiger partial charge is 0.418 e. The number of hydrogen-bond acceptors (Lipinski definition) is 3. The molecule has 3 aromatic carbocycles. The van der Waals surface area contributed by atoms with Crippen molar-refractivity contribution in [1.82, 2.24) is 0 Å². The molecular formula is C29H37O3P. The molecule has 0 radical (unpaired) electrons. The number of benzene rings is 3. The van der Waals surface area contributed by atoms with Crippen molar-refractivity contribution in [2.24, 2.45) is 0 Å². The zero-order valence-electron chi connectivity index (χ0n) is 21.1. The van der Waals surface area contributed by atoms with E-state index in [0.717, 1.165) is 16.7 Å². The Morgan fingerprint density at radius 3 is 1.97 bits per heavy atom. The number of aryl methyl sites for hydroxylation is 1. The number of rotatable bonds is 6. The maximum Gasteiger partial charge on any atom is 0.460 e. The number of hydrogen-bond donors (Lipinski definition) is 1. The molecule has 0 saturated heterocycles. The molecule has 3 nitrogen and oxygen atoms in total.